The molecule has 0 bridgehead atoms. The van der Waals surface area contributed by atoms with E-state index < -0.39 is 0 Å². The molecule has 0 spiro atoms. The van der Waals surface area contributed by atoms with Gasteiger partial charge in [-0.2, -0.15) is 11.8 Å². The van der Waals surface area contributed by atoms with E-state index in [0.29, 0.717) is 5.25 Å². The highest BCUT2D eigenvalue weighted by Crippen LogP contribution is 2.20. The van der Waals surface area contributed by atoms with E-state index in [1.807, 2.05) is 18.7 Å². The molecule has 0 aromatic heterocycles. The molecule has 76 valence electrons. The number of nitrogens with zero attached hydrogens (tertiary/aromatic N) is 1. The first-order chi connectivity index (χ1) is 6.15. The van der Waals surface area contributed by atoms with E-state index in [-0.39, 0.29) is 11.9 Å². The van der Waals surface area contributed by atoms with E-state index in [2.05, 4.69) is 11.8 Å². The molecule has 3 nitrogen and oxygen atoms in total. The quantitative estimate of drug-likeness (QED) is 0.732. The van der Waals surface area contributed by atoms with Gasteiger partial charge < -0.3 is 5.73 Å². The van der Waals surface area contributed by atoms with Gasteiger partial charge >= 0.3 is 0 Å². The summed E-state index contributed by atoms with van der Waals surface area (Å²) in [5, 5.41) is 0.627. The molecule has 0 radical (unpaired) electrons. The largest absolute Gasteiger partial charge is 0.368 e. The van der Waals surface area contributed by atoms with E-state index in [1.165, 1.54) is 0 Å². The predicted octanol–water partition coefficient (Wildman–Crippen LogP) is 0.688. The van der Waals surface area contributed by atoms with Gasteiger partial charge in [-0.3, -0.25) is 9.69 Å². The Kier molecular flexibility index (Phi) is 4.06. The van der Waals surface area contributed by atoms with E-state index >= 15 is 0 Å². The summed E-state index contributed by atoms with van der Waals surface area (Å²) in [6.07, 6.45) is 0.826. The highest BCUT2D eigenvalue weighted by Gasteiger charge is 2.26. The lowest BCUT2D eigenvalue weighted by molar-refractivity contribution is -0.123. The molecule has 1 rings (SSSR count). The Hall–Kier alpha value is -0.220. The second kappa shape index (κ2) is 4.86. The summed E-state index contributed by atoms with van der Waals surface area (Å²) in [7, 11) is 0. The van der Waals surface area contributed by atoms with Gasteiger partial charge in [-0.1, -0.05) is 13.8 Å². The van der Waals surface area contributed by atoms with Crippen molar-refractivity contribution in [3.05, 3.63) is 0 Å². The normalized spacial score (nSPS) is 27.1. The first-order valence-corrected chi connectivity index (χ1v) is 5.85. The molecule has 2 N–H and O–H groups in total. The van der Waals surface area contributed by atoms with Crippen molar-refractivity contribution < 1.29 is 4.79 Å². The Morgan fingerprint density at radius 1 is 1.77 bits per heavy atom. The van der Waals surface area contributed by atoms with Crippen LogP contribution < -0.4 is 5.73 Å². The minimum absolute atomic E-state index is 0.0525. The Balaban J connectivity index is 2.52. The Labute approximate surface area is 84.0 Å². The molecule has 13 heavy (non-hydrogen) atoms. The third kappa shape index (κ3) is 2.88. The maximum atomic E-state index is 11.1. The van der Waals surface area contributed by atoms with Crippen LogP contribution in [0, 0.1) is 0 Å². The predicted molar refractivity (Wildman–Crippen MR) is 56.8 cm³/mol. The fourth-order valence-corrected chi connectivity index (χ4v) is 2.81. The number of carbonyl (C=O) groups is 1. The maximum Gasteiger partial charge on any atom is 0.234 e. The average Bonchev–Trinajstić information content (AvgIpc) is 2.04. The standard InChI is InChI=1S/C9H18N2OS/c1-3-8(9(10)12)11-4-5-13-7(2)6-11/h7-8H,3-6H2,1-2H3,(H2,10,12). The van der Waals surface area contributed by atoms with Gasteiger partial charge in [0.2, 0.25) is 5.91 Å². The van der Waals surface area contributed by atoms with Crippen LogP contribution in [0.3, 0.4) is 0 Å². The summed E-state index contributed by atoms with van der Waals surface area (Å²) in [4.78, 5) is 13.3. The van der Waals surface area contributed by atoms with Crippen LogP contribution in [0.1, 0.15) is 20.3 Å². The minimum atomic E-state index is -0.179. The Bertz CT molecular complexity index is 186. The van der Waals surface area contributed by atoms with Crippen LogP contribution in [0.25, 0.3) is 0 Å². The second-order valence-corrected chi connectivity index (χ2v) is 5.05. The maximum absolute atomic E-state index is 11.1. The van der Waals surface area contributed by atoms with E-state index in [9.17, 15) is 4.79 Å². The van der Waals surface area contributed by atoms with Crippen molar-refractivity contribution in [2.75, 3.05) is 18.8 Å². The highest BCUT2D eigenvalue weighted by atomic mass is 32.2. The van der Waals surface area contributed by atoms with Crippen LogP contribution >= 0.6 is 11.8 Å². The summed E-state index contributed by atoms with van der Waals surface area (Å²) >= 11 is 1.97. The number of primary amides is 1. The first-order valence-electron chi connectivity index (χ1n) is 4.80. The highest BCUT2D eigenvalue weighted by molar-refractivity contribution is 7.99. The van der Waals surface area contributed by atoms with Crippen LogP contribution in [0.5, 0.6) is 0 Å². The summed E-state index contributed by atoms with van der Waals surface area (Å²) in [5.41, 5.74) is 5.34. The van der Waals surface area contributed by atoms with Crippen molar-refractivity contribution in [1.82, 2.24) is 4.90 Å². The number of thioether (sulfide) groups is 1. The van der Waals surface area contributed by atoms with E-state index in [0.717, 1.165) is 25.3 Å². The van der Waals surface area contributed by atoms with Gasteiger partial charge in [0.15, 0.2) is 0 Å². The SMILES string of the molecule is CCC(C(N)=O)N1CCSC(C)C1. The van der Waals surface area contributed by atoms with Gasteiger partial charge in [-0.15, -0.1) is 0 Å². The average molecular weight is 202 g/mol. The fraction of sp³-hybridized carbons (Fsp3) is 0.889. The van der Waals surface area contributed by atoms with Crippen molar-refractivity contribution in [2.24, 2.45) is 5.73 Å². The van der Waals surface area contributed by atoms with Gasteiger partial charge in [-0.25, -0.2) is 0 Å². The molecule has 1 aliphatic rings. The molecule has 0 saturated carbocycles. The van der Waals surface area contributed by atoms with Crippen molar-refractivity contribution in [1.29, 1.82) is 0 Å². The first kappa shape index (κ1) is 10.9. The molecule has 1 aliphatic heterocycles. The van der Waals surface area contributed by atoms with Crippen molar-refractivity contribution >= 4 is 17.7 Å². The van der Waals surface area contributed by atoms with Gasteiger partial charge in [0, 0.05) is 24.1 Å². The van der Waals surface area contributed by atoms with Crippen LogP contribution in [0.4, 0.5) is 0 Å². The van der Waals surface area contributed by atoms with Crippen molar-refractivity contribution in [2.45, 2.75) is 31.6 Å². The van der Waals surface area contributed by atoms with Gasteiger partial charge in [-0.05, 0) is 6.42 Å². The lowest BCUT2D eigenvalue weighted by Crippen LogP contribution is -2.49. The molecule has 1 saturated heterocycles. The number of amides is 1. The number of rotatable bonds is 3. The number of carbonyl (C=O) groups excluding carboxylic acids is 1. The molecule has 0 aromatic carbocycles. The minimum Gasteiger partial charge on any atom is -0.368 e. The zero-order valence-electron chi connectivity index (χ0n) is 8.32. The Morgan fingerprint density at radius 2 is 2.46 bits per heavy atom. The molecule has 0 aliphatic carbocycles. The van der Waals surface area contributed by atoms with E-state index in [4.69, 9.17) is 5.73 Å². The summed E-state index contributed by atoms with van der Waals surface area (Å²) < 4.78 is 0. The molecule has 1 fully saturated rings. The molecule has 1 amide bonds. The monoisotopic (exact) mass is 202 g/mol. The zero-order valence-corrected chi connectivity index (χ0v) is 9.14. The third-order valence-corrected chi connectivity index (χ3v) is 3.56. The lowest BCUT2D eigenvalue weighted by Gasteiger charge is -2.34. The van der Waals surface area contributed by atoms with Gasteiger partial charge in [0.05, 0.1) is 6.04 Å². The molecule has 2 unspecified atom stereocenters. The van der Waals surface area contributed by atoms with Crippen LogP contribution in [0.15, 0.2) is 0 Å². The smallest absolute Gasteiger partial charge is 0.234 e. The number of hydrogen-bond acceptors (Lipinski definition) is 3. The van der Waals surface area contributed by atoms with Gasteiger partial charge in [0.1, 0.15) is 0 Å². The molecular formula is C9H18N2OS. The third-order valence-electron chi connectivity index (χ3n) is 2.43. The molecular weight excluding hydrogens is 184 g/mol. The second-order valence-electron chi connectivity index (χ2n) is 3.50. The zero-order chi connectivity index (χ0) is 9.84. The lowest BCUT2D eigenvalue weighted by atomic mass is 10.1. The number of hydrogen-bond donors (Lipinski definition) is 1. The Morgan fingerprint density at radius 3 is 2.92 bits per heavy atom. The topological polar surface area (TPSA) is 46.3 Å². The molecule has 1 heterocycles. The van der Waals surface area contributed by atoms with E-state index in [1.54, 1.807) is 0 Å². The summed E-state index contributed by atoms with van der Waals surface area (Å²) in [5.74, 6) is 0.937. The fourth-order valence-electron chi connectivity index (χ4n) is 1.77. The summed E-state index contributed by atoms with van der Waals surface area (Å²) in [6, 6.07) is -0.0525. The van der Waals surface area contributed by atoms with Crippen molar-refractivity contribution in [3.8, 4) is 0 Å². The summed E-state index contributed by atoms with van der Waals surface area (Å²) in [6.45, 7) is 6.20. The molecule has 0 aromatic rings. The van der Waals surface area contributed by atoms with Crippen LogP contribution in [0.2, 0.25) is 0 Å². The van der Waals surface area contributed by atoms with Crippen LogP contribution in [-0.4, -0.2) is 40.9 Å². The van der Waals surface area contributed by atoms with Gasteiger partial charge in [0.25, 0.3) is 0 Å². The van der Waals surface area contributed by atoms with Crippen molar-refractivity contribution in [3.63, 3.8) is 0 Å². The number of nitrogens with two attached hydrogens (primary N) is 1. The molecule has 4 heteroatoms. The van der Waals surface area contributed by atoms with Crippen LogP contribution in [-0.2, 0) is 4.79 Å². The molecule has 2 atom stereocenters.